The van der Waals surface area contributed by atoms with Crippen molar-refractivity contribution in [2.45, 2.75) is 45.2 Å². The minimum Gasteiger partial charge on any atom is -0.381 e. The van der Waals surface area contributed by atoms with Gasteiger partial charge in [0.25, 0.3) is 0 Å². The summed E-state index contributed by atoms with van der Waals surface area (Å²) in [5.74, 6) is 0.798. The maximum Gasteiger partial charge on any atom is 0.220 e. The van der Waals surface area contributed by atoms with Gasteiger partial charge in [-0.3, -0.25) is 9.48 Å². The number of hydrogen-bond donors (Lipinski definition) is 1. The molecule has 5 nitrogen and oxygen atoms in total. The fraction of sp³-hybridized carbons (Fsp3) is 0.714. The Morgan fingerprint density at radius 3 is 3.00 bits per heavy atom. The zero-order chi connectivity index (χ0) is 13.5. The molecule has 5 heteroatoms. The summed E-state index contributed by atoms with van der Waals surface area (Å²) in [6.45, 7) is 4.42. The minimum atomic E-state index is 0.113. The van der Waals surface area contributed by atoms with Gasteiger partial charge in [0.2, 0.25) is 5.91 Å². The number of nitrogens with zero attached hydrogens (tertiary/aromatic N) is 2. The Bertz CT molecular complexity index is 372. The summed E-state index contributed by atoms with van der Waals surface area (Å²) in [7, 11) is 0. The third-order valence-corrected chi connectivity index (χ3v) is 3.55. The lowest BCUT2D eigenvalue weighted by atomic mass is 9.95. The number of amides is 1. The first kappa shape index (κ1) is 14.1. The summed E-state index contributed by atoms with van der Waals surface area (Å²) >= 11 is 0. The predicted molar refractivity (Wildman–Crippen MR) is 72.6 cm³/mol. The fourth-order valence-electron chi connectivity index (χ4n) is 2.45. The summed E-state index contributed by atoms with van der Waals surface area (Å²) in [5, 5.41) is 7.16. The molecule has 1 atom stereocenters. The third kappa shape index (κ3) is 5.03. The van der Waals surface area contributed by atoms with Crippen LogP contribution in [-0.2, 0) is 16.1 Å². The number of carbonyl (C=O) groups excluding carboxylic acids is 1. The van der Waals surface area contributed by atoms with Crippen LogP contribution in [0.1, 0.15) is 32.6 Å². The van der Waals surface area contributed by atoms with Crippen molar-refractivity contribution in [2.24, 2.45) is 5.92 Å². The molecule has 1 amide bonds. The van der Waals surface area contributed by atoms with Crippen LogP contribution in [0.15, 0.2) is 18.5 Å². The molecule has 1 fully saturated rings. The number of ether oxygens (including phenoxy) is 1. The van der Waals surface area contributed by atoms with E-state index in [1.165, 1.54) is 0 Å². The fourth-order valence-corrected chi connectivity index (χ4v) is 2.45. The number of carbonyl (C=O) groups is 1. The van der Waals surface area contributed by atoms with Gasteiger partial charge in [-0.15, -0.1) is 0 Å². The molecule has 0 radical (unpaired) electrons. The second kappa shape index (κ2) is 7.28. The van der Waals surface area contributed by atoms with Gasteiger partial charge in [0.05, 0.1) is 6.54 Å². The normalized spacial score (nSPS) is 18.2. The van der Waals surface area contributed by atoms with E-state index in [1.54, 1.807) is 6.20 Å². The van der Waals surface area contributed by atoms with Crippen molar-refractivity contribution in [3.05, 3.63) is 18.5 Å². The molecule has 1 aromatic rings. The second-order valence-corrected chi connectivity index (χ2v) is 5.29. The molecule has 1 unspecified atom stereocenters. The van der Waals surface area contributed by atoms with Crippen molar-refractivity contribution in [1.82, 2.24) is 15.1 Å². The predicted octanol–water partition coefficient (Wildman–Crippen LogP) is 1.59. The zero-order valence-corrected chi connectivity index (χ0v) is 11.5. The first-order chi connectivity index (χ1) is 9.24. The van der Waals surface area contributed by atoms with Gasteiger partial charge < -0.3 is 10.1 Å². The molecule has 0 spiro atoms. The van der Waals surface area contributed by atoms with Gasteiger partial charge in [0, 0.05) is 38.1 Å². The van der Waals surface area contributed by atoms with Gasteiger partial charge in [0.1, 0.15) is 0 Å². The molecule has 2 heterocycles. The Morgan fingerprint density at radius 1 is 1.53 bits per heavy atom. The molecule has 1 aliphatic heterocycles. The molecule has 19 heavy (non-hydrogen) atoms. The van der Waals surface area contributed by atoms with Gasteiger partial charge in [-0.25, -0.2) is 0 Å². The van der Waals surface area contributed by atoms with E-state index in [1.807, 2.05) is 23.9 Å². The Kier molecular flexibility index (Phi) is 5.39. The van der Waals surface area contributed by atoms with Crippen molar-refractivity contribution in [3.8, 4) is 0 Å². The maximum atomic E-state index is 11.9. The van der Waals surface area contributed by atoms with Crippen LogP contribution in [0, 0.1) is 5.92 Å². The Hall–Kier alpha value is -1.36. The summed E-state index contributed by atoms with van der Waals surface area (Å²) in [6.07, 6.45) is 7.44. The van der Waals surface area contributed by atoms with Crippen LogP contribution in [-0.4, -0.2) is 34.9 Å². The molecule has 1 aliphatic rings. The highest BCUT2D eigenvalue weighted by molar-refractivity contribution is 5.76. The quantitative estimate of drug-likeness (QED) is 0.850. The van der Waals surface area contributed by atoms with E-state index in [2.05, 4.69) is 10.4 Å². The first-order valence-corrected chi connectivity index (χ1v) is 7.08. The van der Waals surface area contributed by atoms with Gasteiger partial charge in [-0.05, 0) is 38.2 Å². The second-order valence-electron chi connectivity index (χ2n) is 5.29. The topological polar surface area (TPSA) is 56.2 Å². The van der Waals surface area contributed by atoms with Crippen LogP contribution in [0.4, 0.5) is 0 Å². The van der Waals surface area contributed by atoms with Crippen LogP contribution in [0.5, 0.6) is 0 Å². The summed E-state index contributed by atoms with van der Waals surface area (Å²) in [4.78, 5) is 11.9. The van der Waals surface area contributed by atoms with Crippen LogP contribution >= 0.6 is 0 Å². The molecule has 1 N–H and O–H groups in total. The third-order valence-electron chi connectivity index (χ3n) is 3.55. The van der Waals surface area contributed by atoms with Crippen LogP contribution in [0.25, 0.3) is 0 Å². The summed E-state index contributed by atoms with van der Waals surface area (Å²) in [5.41, 5.74) is 0. The van der Waals surface area contributed by atoms with E-state index in [0.717, 1.165) is 39.0 Å². The number of aromatic nitrogens is 2. The maximum absolute atomic E-state index is 11.9. The van der Waals surface area contributed by atoms with Gasteiger partial charge in [-0.1, -0.05) is 0 Å². The molecule has 0 bridgehead atoms. The van der Waals surface area contributed by atoms with Crippen molar-refractivity contribution in [2.75, 3.05) is 13.2 Å². The highest BCUT2D eigenvalue weighted by Gasteiger charge is 2.16. The Morgan fingerprint density at radius 2 is 2.32 bits per heavy atom. The van der Waals surface area contributed by atoms with E-state index in [-0.39, 0.29) is 11.9 Å². The summed E-state index contributed by atoms with van der Waals surface area (Å²) in [6, 6.07) is 2.00. The van der Waals surface area contributed by atoms with Gasteiger partial charge in [0.15, 0.2) is 0 Å². The monoisotopic (exact) mass is 265 g/mol. The van der Waals surface area contributed by atoms with E-state index in [9.17, 15) is 4.79 Å². The molecule has 0 aromatic carbocycles. The van der Waals surface area contributed by atoms with E-state index >= 15 is 0 Å². The molecular weight excluding hydrogens is 242 g/mol. The smallest absolute Gasteiger partial charge is 0.220 e. The zero-order valence-electron chi connectivity index (χ0n) is 11.5. The molecule has 106 valence electrons. The number of nitrogens with one attached hydrogen (secondary N) is 1. The molecule has 0 saturated carbocycles. The molecular formula is C14H23N3O2. The van der Waals surface area contributed by atoms with Crippen LogP contribution in [0.2, 0.25) is 0 Å². The van der Waals surface area contributed by atoms with Crippen LogP contribution in [0.3, 0.4) is 0 Å². The van der Waals surface area contributed by atoms with E-state index in [4.69, 9.17) is 4.74 Å². The highest BCUT2D eigenvalue weighted by atomic mass is 16.5. The number of hydrogen-bond acceptors (Lipinski definition) is 3. The van der Waals surface area contributed by atoms with Gasteiger partial charge in [-0.2, -0.15) is 5.10 Å². The van der Waals surface area contributed by atoms with Crippen LogP contribution < -0.4 is 5.32 Å². The Labute approximate surface area is 114 Å². The van der Waals surface area contributed by atoms with Gasteiger partial charge >= 0.3 is 0 Å². The lowest BCUT2D eigenvalue weighted by molar-refractivity contribution is -0.122. The largest absolute Gasteiger partial charge is 0.381 e. The standard InChI is InChI=1S/C14H23N3O2/c1-12(11-17-8-2-7-15-17)16-14(18)4-3-13-5-9-19-10-6-13/h2,7-8,12-13H,3-6,9-11H2,1H3,(H,16,18). The van der Waals surface area contributed by atoms with Crippen molar-refractivity contribution in [1.29, 1.82) is 0 Å². The first-order valence-electron chi connectivity index (χ1n) is 7.08. The average Bonchev–Trinajstić information content (AvgIpc) is 2.90. The molecule has 2 rings (SSSR count). The average molecular weight is 265 g/mol. The summed E-state index contributed by atoms with van der Waals surface area (Å²) < 4.78 is 7.16. The van der Waals surface area contributed by atoms with E-state index < -0.39 is 0 Å². The number of rotatable bonds is 6. The highest BCUT2D eigenvalue weighted by Crippen LogP contribution is 2.19. The lowest BCUT2D eigenvalue weighted by Gasteiger charge is -2.22. The lowest BCUT2D eigenvalue weighted by Crippen LogP contribution is -2.36. The molecule has 1 aromatic heterocycles. The molecule has 1 saturated heterocycles. The molecule has 0 aliphatic carbocycles. The minimum absolute atomic E-state index is 0.113. The van der Waals surface area contributed by atoms with Crippen molar-refractivity contribution < 1.29 is 9.53 Å². The van der Waals surface area contributed by atoms with E-state index in [0.29, 0.717) is 12.3 Å². The SMILES string of the molecule is CC(Cn1cccn1)NC(=O)CCC1CCOCC1. The Balaban J connectivity index is 1.63. The van der Waals surface area contributed by atoms with Crippen molar-refractivity contribution in [3.63, 3.8) is 0 Å². The van der Waals surface area contributed by atoms with Crippen molar-refractivity contribution >= 4 is 5.91 Å².